The summed E-state index contributed by atoms with van der Waals surface area (Å²) in [6.45, 7) is 6.49. The lowest BCUT2D eigenvalue weighted by molar-refractivity contribution is 0.527. The molecule has 0 atom stereocenters. The average Bonchev–Trinajstić information content (AvgIpc) is 3.14. The van der Waals surface area contributed by atoms with Crippen LogP contribution in [0.25, 0.3) is 27.7 Å². The molecule has 0 aliphatic rings. The number of fused-ring (bicyclic) bond motifs is 1. The Labute approximate surface area is 190 Å². The number of benzene rings is 3. The fourth-order valence-corrected chi connectivity index (χ4v) is 4.40. The van der Waals surface area contributed by atoms with Gasteiger partial charge in [-0.05, 0) is 59.9 Å². The number of anilines is 1. The first-order chi connectivity index (χ1) is 15.2. The summed E-state index contributed by atoms with van der Waals surface area (Å²) in [5.41, 5.74) is 7.53. The van der Waals surface area contributed by atoms with Crippen molar-refractivity contribution in [3.63, 3.8) is 0 Å². The summed E-state index contributed by atoms with van der Waals surface area (Å²) >= 11 is 0. The van der Waals surface area contributed by atoms with E-state index in [9.17, 15) is 8.42 Å². The second-order valence-corrected chi connectivity index (χ2v) is 10.5. The summed E-state index contributed by atoms with van der Waals surface area (Å²) in [6, 6.07) is 22.6. The molecule has 0 unspecified atom stereocenters. The van der Waals surface area contributed by atoms with Gasteiger partial charge in [0.05, 0.1) is 5.52 Å². The monoisotopic (exact) mass is 447 g/mol. The molecule has 4 rings (SSSR count). The second kappa shape index (κ2) is 8.45. The maximum Gasteiger partial charge on any atom is 0.301 e. The maximum atomic E-state index is 12.1. The lowest BCUT2D eigenvalue weighted by Gasteiger charge is -2.14. The molecule has 1 heterocycles. The number of rotatable bonds is 6. The predicted octanol–water partition coefficient (Wildman–Crippen LogP) is 5.95. The first-order valence-electron chi connectivity index (χ1n) is 10.7. The van der Waals surface area contributed by atoms with E-state index in [-0.39, 0.29) is 0 Å². The summed E-state index contributed by atoms with van der Waals surface area (Å²) in [7, 11) is -0.530. The standard InChI is InChI=1S/C26H29N3O2S/c1-18(2)25-17-29(23-13-11-22(12-14-23)27-32(30,31)28(4)5)26-16-21(10-15-24(25)26)20-8-6-19(3)7-9-20/h6-18,27H,1-5H3. The van der Waals surface area contributed by atoms with E-state index in [0.717, 1.165) is 15.5 Å². The highest BCUT2D eigenvalue weighted by Gasteiger charge is 2.15. The molecular formula is C26H29N3O2S. The molecule has 0 bridgehead atoms. The molecule has 4 aromatic rings. The van der Waals surface area contributed by atoms with E-state index in [4.69, 9.17) is 0 Å². The van der Waals surface area contributed by atoms with Crippen LogP contribution in [0.2, 0.25) is 0 Å². The van der Waals surface area contributed by atoms with E-state index >= 15 is 0 Å². The van der Waals surface area contributed by atoms with Crippen LogP contribution in [-0.4, -0.2) is 31.4 Å². The Morgan fingerprint density at radius 1 is 0.875 bits per heavy atom. The Hall–Kier alpha value is -3.09. The lowest BCUT2D eigenvalue weighted by Crippen LogP contribution is -2.28. The number of nitrogens with zero attached hydrogens (tertiary/aromatic N) is 2. The highest BCUT2D eigenvalue weighted by Crippen LogP contribution is 2.33. The largest absolute Gasteiger partial charge is 0.316 e. The fourth-order valence-electron chi connectivity index (χ4n) is 3.78. The molecule has 0 aliphatic carbocycles. The molecule has 1 aromatic heterocycles. The van der Waals surface area contributed by atoms with Gasteiger partial charge in [-0.1, -0.05) is 55.8 Å². The Balaban J connectivity index is 1.79. The first kappa shape index (κ1) is 22.1. The summed E-state index contributed by atoms with van der Waals surface area (Å²) < 4.78 is 30.1. The molecule has 0 radical (unpaired) electrons. The van der Waals surface area contributed by atoms with Crippen molar-refractivity contribution in [1.29, 1.82) is 0 Å². The number of aromatic nitrogens is 1. The summed E-state index contributed by atoms with van der Waals surface area (Å²) in [6.07, 6.45) is 2.19. The molecular weight excluding hydrogens is 418 g/mol. The van der Waals surface area contributed by atoms with Gasteiger partial charge in [-0.25, -0.2) is 0 Å². The van der Waals surface area contributed by atoms with Gasteiger partial charge in [0.25, 0.3) is 0 Å². The molecule has 0 amide bonds. The van der Waals surface area contributed by atoms with E-state index < -0.39 is 10.2 Å². The van der Waals surface area contributed by atoms with Crippen molar-refractivity contribution < 1.29 is 8.42 Å². The third-order valence-corrected chi connectivity index (χ3v) is 7.17. The zero-order valence-corrected chi connectivity index (χ0v) is 19.9. The van der Waals surface area contributed by atoms with Crippen LogP contribution >= 0.6 is 0 Å². The van der Waals surface area contributed by atoms with Crippen LogP contribution in [0, 0.1) is 6.92 Å². The lowest BCUT2D eigenvalue weighted by atomic mass is 9.99. The van der Waals surface area contributed by atoms with Crippen molar-refractivity contribution in [3.05, 3.63) is 84.1 Å². The van der Waals surface area contributed by atoms with Gasteiger partial charge in [-0.2, -0.15) is 12.7 Å². The van der Waals surface area contributed by atoms with Gasteiger partial charge < -0.3 is 4.57 Å². The zero-order chi connectivity index (χ0) is 23.0. The maximum absolute atomic E-state index is 12.1. The smallest absolute Gasteiger partial charge is 0.301 e. The topological polar surface area (TPSA) is 54.3 Å². The molecule has 166 valence electrons. The van der Waals surface area contributed by atoms with Crippen molar-refractivity contribution in [3.8, 4) is 16.8 Å². The molecule has 0 saturated heterocycles. The summed E-state index contributed by atoms with van der Waals surface area (Å²) in [5, 5.41) is 1.23. The normalized spacial score (nSPS) is 12.1. The minimum atomic E-state index is -3.53. The van der Waals surface area contributed by atoms with Crippen molar-refractivity contribution in [1.82, 2.24) is 8.87 Å². The van der Waals surface area contributed by atoms with Gasteiger partial charge in [-0.3, -0.25) is 4.72 Å². The summed E-state index contributed by atoms with van der Waals surface area (Å²) in [5.74, 6) is 0.384. The molecule has 5 nitrogen and oxygen atoms in total. The minimum absolute atomic E-state index is 0.384. The van der Waals surface area contributed by atoms with Gasteiger partial charge in [-0.15, -0.1) is 0 Å². The highest BCUT2D eigenvalue weighted by atomic mass is 32.2. The van der Waals surface area contributed by atoms with E-state index in [1.807, 2.05) is 12.1 Å². The predicted molar refractivity (Wildman–Crippen MR) is 134 cm³/mol. The number of hydrogen-bond acceptors (Lipinski definition) is 2. The minimum Gasteiger partial charge on any atom is -0.316 e. The Kier molecular flexibility index (Phi) is 5.84. The molecule has 1 N–H and O–H groups in total. The third kappa shape index (κ3) is 4.29. The number of hydrogen-bond donors (Lipinski definition) is 1. The molecule has 0 saturated carbocycles. The Morgan fingerprint density at radius 3 is 2.09 bits per heavy atom. The average molecular weight is 448 g/mol. The Bertz CT molecular complexity index is 1350. The molecule has 0 aliphatic heterocycles. The quantitative estimate of drug-likeness (QED) is 0.397. The van der Waals surface area contributed by atoms with Crippen molar-refractivity contribution in [2.75, 3.05) is 18.8 Å². The van der Waals surface area contributed by atoms with Crippen molar-refractivity contribution in [2.45, 2.75) is 26.7 Å². The van der Waals surface area contributed by atoms with Crippen molar-refractivity contribution >= 4 is 26.8 Å². The molecule has 6 heteroatoms. The van der Waals surface area contributed by atoms with Crippen LogP contribution in [0.1, 0.15) is 30.9 Å². The fraction of sp³-hybridized carbons (Fsp3) is 0.231. The summed E-state index contributed by atoms with van der Waals surface area (Å²) in [4.78, 5) is 0. The molecule has 0 spiro atoms. The van der Waals surface area contributed by atoms with Crippen molar-refractivity contribution in [2.24, 2.45) is 0 Å². The van der Waals surface area contributed by atoms with Crippen LogP contribution in [-0.2, 0) is 10.2 Å². The SMILES string of the molecule is Cc1ccc(-c2ccc3c(C(C)C)cn(-c4ccc(NS(=O)(=O)N(C)C)cc4)c3c2)cc1. The van der Waals surface area contributed by atoms with Crippen LogP contribution in [0.3, 0.4) is 0 Å². The van der Waals surface area contributed by atoms with Crippen LogP contribution < -0.4 is 4.72 Å². The van der Waals surface area contributed by atoms with Gasteiger partial charge in [0.15, 0.2) is 0 Å². The van der Waals surface area contributed by atoms with E-state index in [0.29, 0.717) is 11.6 Å². The van der Waals surface area contributed by atoms with Gasteiger partial charge in [0.2, 0.25) is 0 Å². The van der Waals surface area contributed by atoms with Gasteiger partial charge in [0, 0.05) is 37.1 Å². The molecule has 32 heavy (non-hydrogen) atoms. The second-order valence-electron chi connectivity index (χ2n) is 8.64. The third-order valence-electron chi connectivity index (χ3n) is 5.72. The van der Waals surface area contributed by atoms with E-state index in [1.54, 1.807) is 12.1 Å². The number of nitrogens with one attached hydrogen (secondary N) is 1. The van der Waals surface area contributed by atoms with E-state index in [1.165, 1.54) is 41.7 Å². The van der Waals surface area contributed by atoms with Gasteiger partial charge >= 0.3 is 10.2 Å². The zero-order valence-electron chi connectivity index (χ0n) is 19.1. The molecule has 0 fully saturated rings. The first-order valence-corrected chi connectivity index (χ1v) is 12.1. The van der Waals surface area contributed by atoms with Crippen LogP contribution in [0.15, 0.2) is 72.9 Å². The van der Waals surface area contributed by atoms with Crippen LogP contribution in [0.4, 0.5) is 5.69 Å². The highest BCUT2D eigenvalue weighted by molar-refractivity contribution is 7.90. The Morgan fingerprint density at radius 2 is 1.50 bits per heavy atom. The van der Waals surface area contributed by atoms with Gasteiger partial charge in [0.1, 0.15) is 0 Å². The van der Waals surface area contributed by atoms with Crippen LogP contribution in [0.5, 0.6) is 0 Å². The molecule has 3 aromatic carbocycles. The van der Waals surface area contributed by atoms with E-state index in [2.05, 4.69) is 78.7 Å². The number of aryl methyl sites for hydroxylation is 1.